The molecular formula is C12H14O3. The number of rotatable bonds is 4. The van der Waals surface area contributed by atoms with Crippen molar-refractivity contribution in [2.75, 3.05) is 13.7 Å². The number of hydrogen-bond acceptors (Lipinski definition) is 3. The van der Waals surface area contributed by atoms with Crippen molar-refractivity contribution in [3.8, 4) is 11.5 Å². The fraction of sp³-hybridized carbons (Fsp3) is 0.417. The Hall–Kier alpha value is -1.51. The molecule has 0 saturated heterocycles. The van der Waals surface area contributed by atoms with Crippen LogP contribution >= 0.6 is 0 Å². The maximum atomic E-state index is 10.3. The highest BCUT2D eigenvalue weighted by atomic mass is 16.5. The standard InChI is InChI=1S/C12H14O3/c1-14-11-7-10-4-6-15-12(10)8-9(11)3-2-5-13/h5,7-8H,2-4,6H2,1H3. The highest BCUT2D eigenvalue weighted by Gasteiger charge is 2.15. The van der Waals surface area contributed by atoms with Gasteiger partial charge < -0.3 is 14.3 Å². The second-order valence-electron chi connectivity index (χ2n) is 3.58. The van der Waals surface area contributed by atoms with Gasteiger partial charge in [-0.05, 0) is 24.1 Å². The van der Waals surface area contributed by atoms with E-state index in [0.29, 0.717) is 12.8 Å². The number of benzene rings is 1. The minimum absolute atomic E-state index is 0.523. The number of fused-ring (bicyclic) bond motifs is 1. The Balaban J connectivity index is 2.30. The smallest absolute Gasteiger partial charge is 0.123 e. The van der Waals surface area contributed by atoms with E-state index in [0.717, 1.165) is 36.4 Å². The highest BCUT2D eigenvalue weighted by molar-refractivity contribution is 5.53. The first-order valence-corrected chi connectivity index (χ1v) is 5.11. The Morgan fingerprint density at radius 3 is 3.13 bits per heavy atom. The summed E-state index contributed by atoms with van der Waals surface area (Å²) in [5.74, 6) is 1.80. The molecule has 0 radical (unpaired) electrons. The van der Waals surface area contributed by atoms with Crippen LogP contribution in [-0.4, -0.2) is 20.0 Å². The summed E-state index contributed by atoms with van der Waals surface area (Å²) < 4.78 is 10.8. The van der Waals surface area contributed by atoms with Crippen molar-refractivity contribution in [2.24, 2.45) is 0 Å². The fourth-order valence-electron chi connectivity index (χ4n) is 1.84. The van der Waals surface area contributed by atoms with Gasteiger partial charge in [-0.3, -0.25) is 0 Å². The molecule has 80 valence electrons. The summed E-state index contributed by atoms with van der Waals surface area (Å²) in [5.41, 5.74) is 2.24. The predicted molar refractivity (Wildman–Crippen MR) is 56.6 cm³/mol. The van der Waals surface area contributed by atoms with Gasteiger partial charge in [-0.1, -0.05) is 0 Å². The molecule has 2 rings (SSSR count). The van der Waals surface area contributed by atoms with E-state index in [-0.39, 0.29) is 0 Å². The van der Waals surface area contributed by atoms with E-state index in [1.54, 1.807) is 7.11 Å². The average molecular weight is 206 g/mol. The molecule has 0 aromatic heterocycles. The summed E-state index contributed by atoms with van der Waals surface area (Å²) >= 11 is 0. The second kappa shape index (κ2) is 4.34. The molecule has 0 fully saturated rings. The molecule has 1 aliphatic heterocycles. The van der Waals surface area contributed by atoms with Crippen LogP contribution in [0.3, 0.4) is 0 Å². The number of aryl methyl sites for hydroxylation is 1. The highest BCUT2D eigenvalue weighted by Crippen LogP contribution is 2.33. The molecule has 0 spiro atoms. The van der Waals surface area contributed by atoms with Crippen molar-refractivity contribution < 1.29 is 14.3 Å². The van der Waals surface area contributed by atoms with E-state index >= 15 is 0 Å². The summed E-state index contributed by atoms with van der Waals surface area (Å²) in [7, 11) is 1.65. The lowest BCUT2D eigenvalue weighted by molar-refractivity contribution is -0.107. The molecule has 0 bridgehead atoms. The maximum Gasteiger partial charge on any atom is 0.123 e. The van der Waals surface area contributed by atoms with Gasteiger partial charge in [0.15, 0.2) is 0 Å². The van der Waals surface area contributed by atoms with Crippen LogP contribution in [0, 0.1) is 0 Å². The van der Waals surface area contributed by atoms with Gasteiger partial charge in [0.25, 0.3) is 0 Å². The quantitative estimate of drug-likeness (QED) is 0.704. The first-order valence-electron chi connectivity index (χ1n) is 5.11. The van der Waals surface area contributed by atoms with Gasteiger partial charge in [0.2, 0.25) is 0 Å². The first kappa shape index (κ1) is 10.0. The molecule has 3 heteroatoms. The largest absolute Gasteiger partial charge is 0.496 e. The zero-order valence-electron chi connectivity index (χ0n) is 8.79. The maximum absolute atomic E-state index is 10.3. The van der Waals surface area contributed by atoms with Crippen LogP contribution in [0.15, 0.2) is 12.1 Å². The minimum atomic E-state index is 0.523. The average Bonchev–Trinajstić information content (AvgIpc) is 2.71. The Kier molecular flexibility index (Phi) is 2.90. The third-order valence-corrected chi connectivity index (χ3v) is 2.62. The van der Waals surface area contributed by atoms with E-state index in [9.17, 15) is 4.79 Å². The van der Waals surface area contributed by atoms with Gasteiger partial charge in [0.05, 0.1) is 13.7 Å². The van der Waals surface area contributed by atoms with Crippen LogP contribution < -0.4 is 9.47 Å². The molecule has 3 nitrogen and oxygen atoms in total. The lowest BCUT2D eigenvalue weighted by Crippen LogP contribution is -1.94. The fourth-order valence-corrected chi connectivity index (χ4v) is 1.84. The van der Waals surface area contributed by atoms with Crippen LogP contribution in [0.25, 0.3) is 0 Å². The van der Waals surface area contributed by atoms with Gasteiger partial charge in [-0.25, -0.2) is 0 Å². The van der Waals surface area contributed by atoms with Gasteiger partial charge in [-0.2, -0.15) is 0 Å². The first-order chi connectivity index (χ1) is 7.35. The van der Waals surface area contributed by atoms with Gasteiger partial charge in [0, 0.05) is 18.4 Å². The molecule has 1 aromatic rings. The summed E-state index contributed by atoms with van der Waals surface area (Å²) in [4.78, 5) is 10.3. The number of methoxy groups -OCH3 is 1. The van der Waals surface area contributed by atoms with Crippen LogP contribution in [0.2, 0.25) is 0 Å². The van der Waals surface area contributed by atoms with Crippen molar-refractivity contribution in [3.63, 3.8) is 0 Å². The monoisotopic (exact) mass is 206 g/mol. The molecule has 0 N–H and O–H groups in total. The van der Waals surface area contributed by atoms with Gasteiger partial charge in [0.1, 0.15) is 17.8 Å². The number of aldehydes is 1. The second-order valence-corrected chi connectivity index (χ2v) is 3.58. The van der Waals surface area contributed by atoms with E-state index in [4.69, 9.17) is 9.47 Å². The van der Waals surface area contributed by atoms with Crippen molar-refractivity contribution >= 4 is 6.29 Å². The molecule has 0 amide bonds. The Labute approximate surface area is 89.0 Å². The van der Waals surface area contributed by atoms with Crippen molar-refractivity contribution in [1.29, 1.82) is 0 Å². The number of carbonyl (C=O) groups is 1. The minimum Gasteiger partial charge on any atom is -0.496 e. The molecule has 15 heavy (non-hydrogen) atoms. The third-order valence-electron chi connectivity index (χ3n) is 2.62. The van der Waals surface area contributed by atoms with Crippen LogP contribution in [0.5, 0.6) is 11.5 Å². The van der Waals surface area contributed by atoms with Crippen molar-refractivity contribution in [1.82, 2.24) is 0 Å². The normalized spacial score (nSPS) is 13.1. The summed E-state index contributed by atoms with van der Waals surface area (Å²) in [6, 6.07) is 4.01. The number of carbonyl (C=O) groups excluding carboxylic acids is 1. The molecule has 0 unspecified atom stereocenters. The Morgan fingerprint density at radius 2 is 2.40 bits per heavy atom. The lowest BCUT2D eigenvalue weighted by Gasteiger charge is -2.09. The van der Waals surface area contributed by atoms with E-state index in [1.165, 1.54) is 5.56 Å². The summed E-state index contributed by atoms with van der Waals surface area (Å²) in [5, 5.41) is 0. The molecule has 0 saturated carbocycles. The topological polar surface area (TPSA) is 35.5 Å². The zero-order valence-corrected chi connectivity index (χ0v) is 8.79. The molecule has 0 atom stereocenters. The number of hydrogen-bond donors (Lipinski definition) is 0. The molecule has 1 aromatic carbocycles. The SMILES string of the molecule is COc1cc2c(cc1CCC=O)OCC2. The van der Waals surface area contributed by atoms with E-state index in [2.05, 4.69) is 0 Å². The third kappa shape index (κ3) is 1.96. The Morgan fingerprint density at radius 1 is 1.53 bits per heavy atom. The van der Waals surface area contributed by atoms with E-state index in [1.807, 2.05) is 12.1 Å². The summed E-state index contributed by atoms with van der Waals surface area (Å²) in [6.07, 6.45) is 3.10. The lowest BCUT2D eigenvalue weighted by atomic mass is 10.0. The van der Waals surface area contributed by atoms with Gasteiger partial charge >= 0.3 is 0 Å². The van der Waals surface area contributed by atoms with Crippen LogP contribution in [0.1, 0.15) is 17.5 Å². The Bertz CT molecular complexity index is 371. The predicted octanol–water partition coefficient (Wildman–Crippen LogP) is 1.76. The van der Waals surface area contributed by atoms with Crippen LogP contribution in [-0.2, 0) is 17.6 Å². The van der Waals surface area contributed by atoms with Gasteiger partial charge in [-0.15, -0.1) is 0 Å². The molecule has 1 heterocycles. The summed E-state index contributed by atoms with van der Waals surface area (Å²) in [6.45, 7) is 0.746. The van der Waals surface area contributed by atoms with Crippen LogP contribution in [0.4, 0.5) is 0 Å². The number of ether oxygens (including phenoxy) is 2. The van der Waals surface area contributed by atoms with E-state index < -0.39 is 0 Å². The zero-order chi connectivity index (χ0) is 10.7. The van der Waals surface area contributed by atoms with Crippen molar-refractivity contribution in [2.45, 2.75) is 19.3 Å². The molecule has 1 aliphatic rings. The molecular weight excluding hydrogens is 192 g/mol. The molecule has 0 aliphatic carbocycles. The van der Waals surface area contributed by atoms with Crippen molar-refractivity contribution in [3.05, 3.63) is 23.3 Å².